The lowest BCUT2D eigenvalue weighted by Gasteiger charge is -2.28. The Morgan fingerprint density at radius 2 is 2.07 bits per heavy atom. The number of ether oxygens (including phenoxy) is 4. The second kappa shape index (κ2) is 7.11. The molecule has 3 aliphatic rings. The van der Waals surface area contributed by atoms with Gasteiger partial charge in [0.05, 0.1) is 24.1 Å². The maximum atomic E-state index is 13.6. The summed E-state index contributed by atoms with van der Waals surface area (Å²) >= 11 is 0. The highest BCUT2D eigenvalue weighted by Gasteiger charge is 2.35. The predicted molar refractivity (Wildman–Crippen MR) is 106 cm³/mol. The highest BCUT2D eigenvalue weighted by Crippen LogP contribution is 2.43. The van der Waals surface area contributed by atoms with Gasteiger partial charge in [0.25, 0.3) is 5.56 Å². The van der Waals surface area contributed by atoms with Crippen molar-refractivity contribution >= 4 is 0 Å². The van der Waals surface area contributed by atoms with Gasteiger partial charge in [-0.15, -0.1) is 0 Å². The molecule has 0 spiro atoms. The third kappa shape index (κ3) is 2.90. The smallest absolute Gasteiger partial charge is 0.258 e. The van der Waals surface area contributed by atoms with Crippen LogP contribution in [-0.2, 0) is 11.3 Å². The Morgan fingerprint density at radius 3 is 2.83 bits per heavy atom. The number of aromatic nitrogens is 1. The van der Waals surface area contributed by atoms with Crippen LogP contribution in [0.5, 0.6) is 17.2 Å². The number of pyridine rings is 1. The molecule has 8 heteroatoms. The maximum absolute atomic E-state index is 13.6. The number of nitriles is 1. The molecule has 0 saturated carbocycles. The number of hydrogen-bond donors (Lipinski definition) is 1. The van der Waals surface area contributed by atoms with Crippen LogP contribution < -0.4 is 25.5 Å². The number of rotatable bonds is 3. The molecule has 1 aromatic carbocycles. The van der Waals surface area contributed by atoms with Crippen molar-refractivity contribution in [3.8, 4) is 23.3 Å². The summed E-state index contributed by atoms with van der Waals surface area (Å²) in [5.41, 5.74) is 7.92. The zero-order valence-corrected chi connectivity index (χ0v) is 16.5. The van der Waals surface area contributed by atoms with E-state index in [0.29, 0.717) is 41.5 Å². The first-order valence-corrected chi connectivity index (χ1v) is 9.90. The highest BCUT2D eigenvalue weighted by molar-refractivity contribution is 5.57. The molecule has 4 heterocycles. The van der Waals surface area contributed by atoms with Crippen molar-refractivity contribution in [1.82, 2.24) is 4.57 Å². The summed E-state index contributed by atoms with van der Waals surface area (Å²) in [6.45, 7) is 3.17. The van der Waals surface area contributed by atoms with Crippen molar-refractivity contribution in [3.63, 3.8) is 0 Å². The Bertz CT molecular complexity index is 1150. The molecule has 2 atom stereocenters. The van der Waals surface area contributed by atoms with Gasteiger partial charge in [-0.1, -0.05) is 6.07 Å². The number of allylic oxidation sites excluding steroid dienone is 1. The normalized spacial score (nSPS) is 21.9. The van der Waals surface area contributed by atoms with Gasteiger partial charge in [-0.2, -0.15) is 5.26 Å². The summed E-state index contributed by atoms with van der Waals surface area (Å²) in [5, 5.41) is 9.80. The Labute approximate surface area is 173 Å². The highest BCUT2D eigenvalue weighted by atomic mass is 16.7. The van der Waals surface area contributed by atoms with E-state index in [1.54, 1.807) is 22.8 Å². The summed E-state index contributed by atoms with van der Waals surface area (Å²) in [6.07, 6.45) is 1.91. The van der Waals surface area contributed by atoms with Crippen molar-refractivity contribution in [1.29, 1.82) is 5.26 Å². The number of fused-ring (bicyclic) bond motifs is 2. The summed E-state index contributed by atoms with van der Waals surface area (Å²) in [7, 11) is 0. The minimum Gasteiger partial charge on any atom is -0.454 e. The number of aryl methyl sites for hydroxylation is 1. The lowest BCUT2D eigenvalue weighted by atomic mass is 9.84. The van der Waals surface area contributed by atoms with Crippen LogP contribution in [0.2, 0.25) is 0 Å². The average Bonchev–Trinajstić information content (AvgIpc) is 3.41. The summed E-state index contributed by atoms with van der Waals surface area (Å²) in [6, 6.07) is 9.31. The molecule has 0 unspecified atom stereocenters. The lowest BCUT2D eigenvalue weighted by molar-refractivity contribution is 0.0955. The molecule has 0 bridgehead atoms. The van der Waals surface area contributed by atoms with Crippen LogP contribution in [0.15, 0.2) is 40.5 Å². The molecular weight excluding hydrogens is 386 g/mol. The van der Waals surface area contributed by atoms with Crippen molar-refractivity contribution in [2.45, 2.75) is 38.3 Å². The molecule has 0 amide bonds. The predicted octanol–water partition coefficient (Wildman–Crippen LogP) is 2.28. The van der Waals surface area contributed by atoms with Crippen molar-refractivity contribution < 1.29 is 18.9 Å². The molecule has 30 heavy (non-hydrogen) atoms. The fourth-order valence-corrected chi connectivity index (χ4v) is 4.33. The van der Waals surface area contributed by atoms with E-state index in [0.717, 1.165) is 18.5 Å². The quantitative estimate of drug-likeness (QED) is 0.831. The maximum Gasteiger partial charge on any atom is 0.258 e. The fraction of sp³-hybridized carbons (Fsp3) is 0.364. The number of benzene rings is 1. The monoisotopic (exact) mass is 407 g/mol. The molecule has 1 saturated heterocycles. The second-order valence-electron chi connectivity index (χ2n) is 7.65. The van der Waals surface area contributed by atoms with E-state index >= 15 is 0 Å². The van der Waals surface area contributed by atoms with E-state index in [4.69, 9.17) is 24.7 Å². The van der Waals surface area contributed by atoms with Crippen LogP contribution in [0.25, 0.3) is 0 Å². The van der Waals surface area contributed by atoms with E-state index in [9.17, 15) is 10.1 Å². The fourth-order valence-electron chi connectivity index (χ4n) is 4.33. The van der Waals surface area contributed by atoms with Crippen LogP contribution >= 0.6 is 0 Å². The molecule has 5 rings (SSSR count). The standard InChI is InChI=1S/C22H21N3O5/c1-12-7-18-20(22(26)25(12)10-14-3-2-6-27-14)19(15(9-23)21(24)30-18)13-4-5-16-17(8-13)29-11-28-16/h4-5,7-8,14,19H,2-3,6,10-11,24H2,1H3/t14-,19-/m1/s1. The van der Waals surface area contributed by atoms with Crippen molar-refractivity contribution in [2.24, 2.45) is 5.73 Å². The SMILES string of the molecule is Cc1cc2c(c(=O)n1C[C@H]1CCCO1)[C@H](c1ccc3c(c1)OCO3)C(C#N)=C(N)O2. The molecular formula is C22H21N3O5. The van der Waals surface area contributed by atoms with E-state index < -0.39 is 5.92 Å². The van der Waals surface area contributed by atoms with Gasteiger partial charge in [-0.3, -0.25) is 4.79 Å². The van der Waals surface area contributed by atoms with Crippen LogP contribution in [0.1, 0.15) is 35.6 Å². The van der Waals surface area contributed by atoms with Gasteiger partial charge in [-0.05, 0) is 37.5 Å². The van der Waals surface area contributed by atoms with Gasteiger partial charge in [0.2, 0.25) is 12.7 Å². The van der Waals surface area contributed by atoms with Gasteiger partial charge in [0, 0.05) is 18.4 Å². The Hall–Kier alpha value is -3.44. The molecule has 2 N–H and O–H groups in total. The number of nitrogens with two attached hydrogens (primary N) is 1. The minimum absolute atomic E-state index is 0.00310. The molecule has 0 radical (unpaired) electrons. The third-order valence-electron chi connectivity index (χ3n) is 5.83. The summed E-state index contributed by atoms with van der Waals surface area (Å²) in [4.78, 5) is 13.6. The van der Waals surface area contributed by atoms with Crippen LogP contribution in [0.3, 0.4) is 0 Å². The lowest BCUT2D eigenvalue weighted by Crippen LogP contribution is -2.35. The van der Waals surface area contributed by atoms with Gasteiger partial charge >= 0.3 is 0 Å². The molecule has 0 aliphatic carbocycles. The Balaban J connectivity index is 1.67. The van der Waals surface area contributed by atoms with Crippen molar-refractivity contribution in [2.75, 3.05) is 13.4 Å². The topological polar surface area (TPSA) is 109 Å². The molecule has 154 valence electrons. The first-order valence-electron chi connectivity index (χ1n) is 9.90. The van der Waals surface area contributed by atoms with Crippen LogP contribution in [-0.4, -0.2) is 24.1 Å². The van der Waals surface area contributed by atoms with Gasteiger partial charge in [-0.25, -0.2) is 0 Å². The van der Waals surface area contributed by atoms with Gasteiger partial charge in [0.1, 0.15) is 17.4 Å². The largest absolute Gasteiger partial charge is 0.454 e. The Kier molecular flexibility index (Phi) is 4.40. The second-order valence-corrected chi connectivity index (χ2v) is 7.65. The number of hydrogen-bond acceptors (Lipinski definition) is 7. The number of nitrogens with zero attached hydrogens (tertiary/aromatic N) is 2. The average molecular weight is 407 g/mol. The summed E-state index contributed by atoms with van der Waals surface area (Å²) < 4.78 is 24.0. The Morgan fingerprint density at radius 1 is 1.23 bits per heavy atom. The zero-order chi connectivity index (χ0) is 20.8. The van der Waals surface area contributed by atoms with Crippen LogP contribution in [0.4, 0.5) is 0 Å². The van der Waals surface area contributed by atoms with E-state index in [1.807, 2.05) is 13.0 Å². The molecule has 8 nitrogen and oxygen atoms in total. The van der Waals surface area contributed by atoms with Gasteiger partial charge in [0.15, 0.2) is 11.5 Å². The van der Waals surface area contributed by atoms with Gasteiger partial charge < -0.3 is 29.2 Å². The van der Waals surface area contributed by atoms with E-state index in [-0.39, 0.29) is 29.9 Å². The van der Waals surface area contributed by atoms with E-state index in [2.05, 4.69) is 6.07 Å². The first-order chi connectivity index (χ1) is 14.6. The zero-order valence-electron chi connectivity index (χ0n) is 16.5. The summed E-state index contributed by atoms with van der Waals surface area (Å²) in [5.74, 6) is 0.921. The molecule has 1 fully saturated rings. The van der Waals surface area contributed by atoms with Crippen LogP contribution in [0, 0.1) is 18.3 Å². The van der Waals surface area contributed by atoms with E-state index in [1.165, 1.54) is 0 Å². The van der Waals surface area contributed by atoms with Crippen molar-refractivity contribution in [3.05, 3.63) is 62.9 Å². The first kappa shape index (κ1) is 18.6. The minimum atomic E-state index is -0.655. The molecule has 2 aromatic rings. The molecule has 1 aromatic heterocycles. The molecule has 3 aliphatic heterocycles. The third-order valence-corrected chi connectivity index (χ3v) is 5.83.